The molecule has 2 unspecified atom stereocenters. The number of hydrogen-bond donors (Lipinski definition) is 2. The van der Waals surface area contributed by atoms with Crippen molar-refractivity contribution in [2.75, 3.05) is 33.0 Å². The molecule has 0 bridgehead atoms. The minimum atomic E-state index is -4.27. The molecule has 0 aliphatic carbocycles. The molecule has 3 N–H and O–H groups in total. The molecule has 2 atom stereocenters. The molecule has 0 aromatic heterocycles. The third-order valence-electron chi connectivity index (χ3n) is 9.12. The lowest BCUT2D eigenvalue weighted by Crippen LogP contribution is -2.28. The highest BCUT2D eigenvalue weighted by molar-refractivity contribution is 7.47. The van der Waals surface area contributed by atoms with Crippen molar-refractivity contribution in [1.82, 2.24) is 0 Å². The van der Waals surface area contributed by atoms with E-state index >= 15 is 0 Å². The van der Waals surface area contributed by atoms with Crippen LogP contribution in [0.4, 0.5) is 0 Å². The van der Waals surface area contributed by atoms with Gasteiger partial charge in [-0.1, -0.05) is 173 Å². The number of esters is 1. The van der Waals surface area contributed by atoms with Crippen LogP contribution in [-0.2, 0) is 27.9 Å². The molecule has 0 amide bonds. The van der Waals surface area contributed by atoms with Gasteiger partial charge in [0.2, 0.25) is 0 Å². The van der Waals surface area contributed by atoms with Gasteiger partial charge in [-0.2, -0.15) is 0 Å². The summed E-state index contributed by atoms with van der Waals surface area (Å²) >= 11 is 0. The third kappa shape index (κ3) is 40.0. The Labute approximate surface area is 315 Å². The highest BCUT2D eigenvalue weighted by Gasteiger charge is 2.25. The molecule has 8 nitrogen and oxygen atoms in total. The summed E-state index contributed by atoms with van der Waals surface area (Å²) in [5.74, 6) is -0.341. The lowest BCUT2D eigenvalue weighted by Gasteiger charge is -2.20. The van der Waals surface area contributed by atoms with E-state index in [-0.39, 0.29) is 32.3 Å². The quantitative estimate of drug-likeness (QED) is 0.0275. The molecule has 0 aromatic rings. The van der Waals surface area contributed by atoms with Crippen molar-refractivity contribution in [3.05, 3.63) is 24.3 Å². The summed E-state index contributed by atoms with van der Waals surface area (Å²) in [6.07, 6.45) is 43.3. The van der Waals surface area contributed by atoms with Gasteiger partial charge < -0.3 is 20.1 Å². The number of allylic oxidation sites excluding steroid dienone is 4. The van der Waals surface area contributed by atoms with Crippen molar-refractivity contribution in [3.63, 3.8) is 0 Å². The third-order valence-corrected chi connectivity index (χ3v) is 10.1. The number of phosphoric acid groups is 1. The molecular weight excluding hydrogens is 661 g/mol. The van der Waals surface area contributed by atoms with Crippen molar-refractivity contribution < 1.29 is 32.8 Å². The standard InChI is InChI=1S/C42H82NO7P/c1-3-5-7-9-11-13-15-17-19-20-22-24-26-28-30-32-34-37-47-39-41(40-49-51(45,46)48-38-36-43)50-42(44)35-33-31-29-27-25-23-21-18-16-14-12-10-8-6-4-2/h12,14,18,21,41H,3-11,13,15-17,19-20,22-40,43H2,1-2H3,(H,45,46)/b14-12-,21-18-. The Morgan fingerprint density at radius 2 is 1.04 bits per heavy atom. The van der Waals surface area contributed by atoms with E-state index in [1.807, 2.05) is 0 Å². The summed E-state index contributed by atoms with van der Waals surface area (Å²) in [7, 11) is -4.27. The Hall–Kier alpha value is -1.02. The van der Waals surface area contributed by atoms with Gasteiger partial charge in [0.25, 0.3) is 0 Å². The largest absolute Gasteiger partial charge is 0.472 e. The number of carbonyl (C=O) groups excluding carboxylic acids is 1. The summed E-state index contributed by atoms with van der Waals surface area (Å²) in [6, 6.07) is 0. The van der Waals surface area contributed by atoms with Crippen LogP contribution < -0.4 is 5.73 Å². The van der Waals surface area contributed by atoms with E-state index in [1.54, 1.807) is 0 Å². The van der Waals surface area contributed by atoms with Gasteiger partial charge in [-0.3, -0.25) is 13.8 Å². The van der Waals surface area contributed by atoms with Crippen molar-refractivity contribution in [2.24, 2.45) is 5.73 Å². The average Bonchev–Trinajstić information content (AvgIpc) is 3.12. The number of carbonyl (C=O) groups is 1. The van der Waals surface area contributed by atoms with Gasteiger partial charge in [0, 0.05) is 19.6 Å². The summed E-state index contributed by atoms with van der Waals surface area (Å²) in [4.78, 5) is 22.4. The zero-order valence-electron chi connectivity index (χ0n) is 33.3. The number of phosphoric ester groups is 1. The van der Waals surface area contributed by atoms with Gasteiger partial charge in [0.15, 0.2) is 0 Å². The van der Waals surface area contributed by atoms with Gasteiger partial charge in [-0.05, 0) is 44.9 Å². The smallest absolute Gasteiger partial charge is 0.457 e. The maximum absolute atomic E-state index is 12.6. The predicted octanol–water partition coefficient (Wildman–Crippen LogP) is 12.5. The lowest BCUT2D eigenvalue weighted by molar-refractivity contribution is -0.154. The molecule has 0 aliphatic heterocycles. The Balaban J connectivity index is 4.03. The van der Waals surface area contributed by atoms with Crippen LogP contribution in [0.1, 0.15) is 200 Å². The summed E-state index contributed by atoms with van der Waals surface area (Å²) in [6.45, 7) is 4.91. The molecule has 0 saturated heterocycles. The second-order valence-corrected chi connectivity index (χ2v) is 15.7. The predicted molar refractivity (Wildman–Crippen MR) is 215 cm³/mol. The highest BCUT2D eigenvalue weighted by Crippen LogP contribution is 2.43. The maximum Gasteiger partial charge on any atom is 0.472 e. The molecular formula is C42H82NO7P. The van der Waals surface area contributed by atoms with Gasteiger partial charge in [0.05, 0.1) is 19.8 Å². The first-order valence-corrected chi connectivity index (χ1v) is 22.8. The van der Waals surface area contributed by atoms with Gasteiger partial charge in [-0.25, -0.2) is 4.57 Å². The lowest BCUT2D eigenvalue weighted by atomic mass is 10.0. The number of rotatable bonds is 41. The van der Waals surface area contributed by atoms with Crippen molar-refractivity contribution in [3.8, 4) is 0 Å². The monoisotopic (exact) mass is 744 g/mol. The zero-order valence-corrected chi connectivity index (χ0v) is 34.2. The Kier molecular flexibility index (Phi) is 39.4. The molecule has 0 radical (unpaired) electrons. The summed E-state index contributed by atoms with van der Waals surface area (Å²) in [5, 5.41) is 0. The maximum atomic E-state index is 12.6. The molecule has 0 saturated carbocycles. The number of hydrogen-bond acceptors (Lipinski definition) is 7. The number of unbranched alkanes of at least 4 members (excludes halogenated alkanes) is 24. The fraction of sp³-hybridized carbons (Fsp3) is 0.881. The van der Waals surface area contributed by atoms with Crippen LogP contribution >= 0.6 is 7.82 Å². The number of ether oxygens (including phenoxy) is 2. The summed E-state index contributed by atoms with van der Waals surface area (Å²) in [5.41, 5.74) is 5.36. The van der Waals surface area contributed by atoms with Crippen molar-refractivity contribution >= 4 is 13.8 Å². The Morgan fingerprint density at radius 1 is 0.588 bits per heavy atom. The highest BCUT2D eigenvalue weighted by atomic mass is 31.2. The first kappa shape index (κ1) is 50.0. The molecule has 0 heterocycles. The molecule has 9 heteroatoms. The number of nitrogens with two attached hydrogens (primary N) is 1. The first-order valence-electron chi connectivity index (χ1n) is 21.3. The van der Waals surface area contributed by atoms with Crippen LogP contribution in [0.15, 0.2) is 24.3 Å². The normalized spacial score (nSPS) is 13.7. The van der Waals surface area contributed by atoms with Gasteiger partial charge >= 0.3 is 13.8 Å². The molecule has 0 fully saturated rings. The van der Waals surface area contributed by atoms with E-state index in [2.05, 4.69) is 38.2 Å². The second kappa shape index (κ2) is 40.2. The zero-order chi connectivity index (χ0) is 37.4. The van der Waals surface area contributed by atoms with E-state index in [9.17, 15) is 14.3 Å². The van der Waals surface area contributed by atoms with Crippen LogP contribution in [0.5, 0.6) is 0 Å². The molecule has 51 heavy (non-hydrogen) atoms. The fourth-order valence-corrected chi connectivity index (χ4v) is 6.73. The fourth-order valence-electron chi connectivity index (χ4n) is 5.97. The molecule has 0 spiro atoms. The van der Waals surface area contributed by atoms with Crippen LogP contribution in [0, 0.1) is 0 Å². The minimum absolute atomic E-state index is 0.0964. The minimum Gasteiger partial charge on any atom is -0.457 e. The van der Waals surface area contributed by atoms with Gasteiger partial charge in [-0.15, -0.1) is 0 Å². The van der Waals surface area contributed by atoms with Crippen LogP contribution in [-0.4, -0.2) is 49.9 Å². The topological polar surface area (TPSA) is 117 Å². The van der Waals surface area contributed by atoms with E-state index < -0.39 is 13.9 Å². The van der Waals surface area contributed by atoms with Crippen molar-refractivity contribution in [2.45, 2.75) is 206 Å². The Morgan fingerprint density at radius 3 is 1.57 bits per heavy atom. The molecule has 0 aliphatic rings. The van der Waals surface area contributed by atoms with Crippen LogP contribution in [0.2, 0.25) is 0 Å². The molecule has 0 aromatic carbocycles. The van der Waals surface area contributed by atoms with Gasteiger partial charge in [0.1, 0.15) is 6.10 Å². The average molecular weight is 744 g/mol. The first-order chi connectivity index (χ1) is 24.9. The molecule has 302 valence electrons. The SMILES string of the molecule is CCCCC/C=C\C/C=C\CCCCCCCC(=O)OC(COCCCCCCCCCCCCCCCCCCC)COP(=O)(O)OCCN. The van der Waals surface area contributed by atoms with E-state index in [4.69, 9.17) is 24.3 Å². The van der Waals surface area contributed by atoms with Crippen LogP contribution in [0.25, 0.3) is 0 Å². The second-order valence-electron chi connectivity index (χ2n) is 14.2. The van der Waals surface area contributed by atoms with Crippen molar-refractivity contribution in [1.29, 1.82) is 0 Å². The molecule has 0 rings (SSSR count). The van der Waals surface area contributed by atoms with E-state index in [0.29, 0.717) is 13.0 Å². The van der Waals surface area contributed by atoms with E-state index in [0.717, 1.165) is 57.8 Å². The summed E-state index contributed by atoms with van der Waals surface area (Å²) < 4.78 is 33.4. The van der Waals surface area contributed by atoms with Crippen LogP contribution in [0.3, 0.4) is 0 Å². The Bertz CT molecular complexity index is 838. The van der Waals surface area contributed by atoms with E-state index in [1.165, 1.54) is 122 Å².